The summed E-state index contributed by atoms with van der Waals surface area (Å²) in [6.45, 7) is 2.46. The standard InChI is InChI=1S/C18H18ClN3O4S2/c1-4-22-15-8-5-11(9-16(15)27-18(22)24)20-17(23)13-10-12(6-7-14(13)19)21(2)28(3,25)26/h5-10H,4H2,1-3H3,(H,20,23). The van der Waals surface area contributed by atoms with Gasteiger partial charge in [-0.3, -0.25) is 18.5 Å². The zero-order valence-electron chi connectivity index (χ0n) is 15.4. The zero-order chi connectivity index (χ0) is 20.6. The lowest BCUT2D eigenvalue weighted by Gasteiger charge is -2.18. The number of hydrogen-bond acceptors (Lipinski definition) is 5. The Kier molecular flexibility index (Phi) is 5.51. The van der Waals surface area contributed by atoms with E-state index in [1.165, 1.54) is 25.2 Å². The minimum absolute atomic E-state index is 0.0551. The highest BCUT2D eigenvalue weighted by Crippen LogP contribution is 2.26. The summed E-state index contributed by atoms with van der Waals surface area (Å²) in [5, 5.41) is 2.95. The topological polar surface area (TPSA) is 88.5 Å². The fraction of sp³-hybridized carbons (Fsp3) is 0.222. The smallest absolute Gasteiger partial charge is 0.308 e. The van der Waals surface area contributed by atoms with Gasteiger partial charge in [-0.1, -0.05) is 22.9 Å². The van der Waals surface area contributed by atoms with Gasteiger partial charge in [-0.05, 0) is 43.3 Å². The average Bonchev–Trinajstić information content (AvgIpc) is 2.94. The molecular formula is C18H18ClN3O4S2. The van der Waals surface area contributed by atoms with Crippen LogP contribution in [0.5, 0.6) is 0 Å². The maximum absolute atomic E-state index is 12.7. The van der Waals surface area contributed by atoms with Crippen LogP contribution in [0.25, 0.3) is 10.2 Å². The fourth-order valence-electron chi connectivity index (χ4n) is 2.72. The van der Waals surface area contributed by atoms with Gasteiger partial charge in [0, 0.05) is 19.3 Å². The van der Waals surface area contributed by atoms with Crippen LogP contribution in [-0.4, -0.2) is 32.2 Å². The van der Waals surface area contributed by atoms with Gasteiger partial charge in [0.2, 0.25) is 10.0 Å². The molecule has 7 nitrogen and oxygen atoms in total. The first-order valence-electron chi connectivity index (χ1n) is 8.30. The lowest BCUT2D eigenvalue weighted by molar-refractivity contribution is 0.102. The highest BCUT2D eigenvalue weighted by molar-refractivity contribution is 7.92. The molecule has 0 radical (unpaired) electrons. The second kappa shape index (κ2) is 7.57. The number of carbonyl (C=O) groups is 1. The summed E-state index contributed by atoms with van der Waals surface area (Å²) in [5.74, 6) is -0.477. The number of halogens is 1. The third kappa shape index (κ3) is 3.91. The Bertz CT molecular complexity index is 1230. The Morgan fingerprint density at radius 3 is 2.61 bits per heavy atom. The maximum Gasteiger partial charge on any atom is 0.308 e. The van der Waals surface area contributed by atoms with Crippen LogP contribution in [0, 0.1) is 0 Å². The van der Waals surface area contributed by atoms with Gasteiger partial charge in [0.25, 0.3) is 5.91 Å². The van der Waals surface area contributed by atoms with E-state index in [0.29, 0.717) is 17.9 Å². The van der Waals surface area contributed by atoms with E-state index in [-0.39, 0.29) is 15.5 Å². The maximum atomic E-state index is 12.7. The van der Waals surface area contributed by atoms with Crippen LogP contribution in [0.1, 0.15) is 17.3 Å². The summed E-state index contributed by atoms with van der Waals surface area (Å²) in [4.78, 5) is 24.6. The van der Waals surface area contributed by atoms with Crippen LogP contribution < -0.4 is 14.5 Å². The van der Waals surface area contributed by atoms with Crippen LogP contribution in [0.2, 0.25) is 5.02 Å². The van der Waals surface area contributed by atoms with Gasteiger partial charge in [0.05, 0.1) is 32.7 Å². The van der Waals surface area contributed by atoms with Gasteiger partial charge in [-0.15, -0.1) is 0 Å². The van der Waals surface area contributed by atoms with Crippen molar-refractivity contribution >= 4 is 60.5 Å². The van der Waals surface area contributed by atoms with E-state index < -0.39 is 15.9 Å². The van der Waals surface area contributed by atoms with Crippen LogP contribution in [-0.2, 0) is 16.6 Å². The summed E-state index contributed by atoms with van der Waals surface area (Å²) < 4.78 is 27.0. The Hall–Kier alpha value is -2.36. The molecule has 1 aromatic heterocycles. The molecule has 0 unspecified atom stereocenters. The number of hydrogen-bond donors (Lipinski definition) is 1. The predicted molar refractivity (Wildman–Crippen MR) is 114 cm³/mol. The van der Waals surface area contributed by atoms with Crippen molar-refractivity contribution in [1.82, 2.24) is 4.57 Å². The molecule has 3 aromatic rings. The molecule has 148 valence electrons. The summed E-state index contributed by atoms with van der Waals surface area (Å²) in [6, 6.07) is 9.64. The van der Waals surface area contributed by atoms with E-state index in [9.17, 15) is 18.0 Å². The highest BCUT2D eigenvalue weighted by Gasteiger charge is 2.17. The summed E-state index contributed by atoms with van der Waals surface area (Å²) in [6.07, 6.45) is 1.07. The molecule has 0 aliphatic rings. The molecule has 0 saturated heterocycles. The summed E-state index contributed by atoms with van der Waals surface area (Å²) in [5.41, 5.74) is 1.80. The molecule has 1 heterocycles. The Balaban J connectivity index is 1.93. The zero-order valence-corrected chi connectivity index (χ0v) is 17.8. The van der Waals surface area contributed by atoms with Crippen molar-refractivity contribution in [2.45, 2.75) is 13.5 Å². The van der Waals surface area contributed by atoms with E-state index in [1.54, 1.807) is 22.8 Å². The van der Waals surface area contributed by atoms with Crippen molar-refractivity contribution < 1.29 is 13.2 Å². The van der Waals surface area contributed by atoms with E-state index in [0.717, 1.165) is 32.1 Å². The average molecular weight is 440 g/mol. The largest absolute Gasteiger partial charge is 0.322 e. The Morgan fingerprint density at radius 1 is 1.25 bits per heavy atom. The molecule has 0 atom stereocenters. The van der Waals surface area contributed by atoms with Gasteiger partial charge in [0.15, 0.2) is 0 Å². The van der Waals surface area contributed by atoms with Crippen molar-refractivity contribution in [2.75, 3.05) is 22.9 Å². The molecule has 1 N–H and O–H groups in total. The molecular weight excluding hydrogens is 422 g/mol. The monoisotopic (exact) mass is 439 g/mol. The number of anilines is 2. The van der Waals surface area contributed by atoms with Crippen LogP contribution in [0.3, 0.4) is 0 Å². The summed E-state index contributed by atoms with van der Waals surface area (Å²) in [7, 11) is -2.07. The number of carbonyl (C=O) groups excluding carboxylic acids is 1. The number of aryl methyl sites for hydroxylation is 1. The van der Waals surface area contributed by atoms with Gasteiger partial charge < -0.3 is 5.32 Å². The third-order valence-electron chi connectivity index (χ3n) is 4.30. The minimum Gasteiger partial charge on any atom is -0.322 e. The molecule has 0 aliphatic carbocycles. The molecule has 28 heavy (non-hydrogen) atoms. The van der Waals surface area contributed by atoms with Crippen LogP contribution in [0.15, 0.2) is 41.2 Å². The lowest BCUT2D eigenvalue weighted by atomic mass is 10.1. The molecule has 0 aliphatic heterocycles. The predicted octanol–water partition coefficient (Wildman–Crippen LogP) is 3.38. The quantitative estimate of drug-likeness (QED) is 0.660. The number of sulfonamides is 1. The fourth-order valence-corrected chi connectivity index (χ4v) is 4.41. The molecule has 0 fully saturated rings. The van der Waals surface area contributed by atoms with Crippen LogP contribution in [0.4, 0.5) is 11.4 Å². The highest BCUT2D eigenvalue weighted by atomic mass is 35.5. The van der Waals surface area contributed by atoms with E-state index in [4.69, 9.17) is 11.6 Å². The number of thiazole rings is 1. The number of fused-ring (bicyclic) bond motifs is 1. The number of rotatable bonds is 5. The summed E-state index contributed by atoms with van der Waals surface area (Å²) >= 11 is 7.25. The molecule has 0 saturated carbocycles. The molecule has 2 aromatic carbocycles. The number of nitrogens with one attached hydrogen (secondary N) is 1. The lowest BCUT2D eigenvalue weighted by Crippen LogP contribution is -2.25. The van der Waals surface area contributed by atoms with E-state index in [2.05, 4.69) is 5.32 Å². The molecule has 1 amide bonds. The number of aromatic nitrogens is 1. The molecule has 3 rings (SSSR count). The second-order valence-corrected chi connectivity index (χ2v) is 9.56. The Labute approximate surface area is 171 Å². The first kappa shape index (κ1) is 20.4. The van der Waals surface area contributed by atoms with Gasteiger partial charge in [-0.2, -0.15) is 0 Å². The second-order valence-electron chi connectivity index (χ2n) is 6.14. The van der Waals surface area contributed by atoms with Crippen LogP contribution >= 0.6 is 22.9 Å². The van der Waals surface area contributed by atoms with Crippen molar-refractivity contribution in [3.8, 4) is 0 Å². The van der Waals surface area contributed by atoms with E-state index >= 15 is 0 Å². The number of amides is 1. The normalized spacial score (nSPS) is 11.6. The third-order valence-corrected chi connectivity index (χ3v) is 6.78. The number of benzene rings is 2. The van der Waals surface area contributed by atoms with Crippen molar-refractivity contribution in [3.05, 3.63) is 56.7 Å². The minimum atomic E-state index is -3.47. The van der Waals surface area contributed by atoms with Gasteiger partial charge >= 0.3 is 4.87 Å². The number of nitrogens with zero attached hydrogens (tertiary/aromatic N) is 2. The molecule has 10 heteroatoms. The van der Waals surface area contributed by atoms with Crippen molar-refractivity contribution in [1.29, 1.82) is 0 Å². The molecule has 0 bridgehead atoms. The van der Waals surface area contributed by atoms with Gasteiger partial charge in [0.1, 0.15) is 0 Å². The first-order valence-corrected chi connectivity index (χ1v) is 11.3. The SMILES string of the molecule is CCn1c(=O)sc2cc(NC(=O)c3cc(N(C)S(C)(=O)=O)ccc3Cl)ccc21. The van der Waals surface area contributed by atoms with E-state index in [1.807, 2.05) is 6.92 Å². The van der Waals surface area contributed by atoms with Crippen molar-refractivity contribution in [2.24, 2.45) is 0 Å². The first-order chi connectivity index (χ1) is 13.1. The Morgan fingerprint density at radius 2 is 1.96 bits per heavy atom. The molecule has 0 spiro atoms. The van der Waals surface area contributed by atoms with Gasteiger partial charge in [-0.25, -0.2) is 8.42 Å². The van der Waals surface area contributed by atoms with Crippen molar-refractivity contribution in [3.63, 3.8) is 0 Å².